The van der Waals surface area contributed by atoms with Gasteiger partial charge in [-0.3, -0.25) is 4.79 Å². The number of nitrogens with zero attached hydrogens (tertiary/aromatic N) is 1. The quantitative estimate of drug-likeness (QED) is 0.843. The smallest absolute Gasteiger partial charge is 0.243 e. The van der Waals surface area contributed by atoms with E-state index >= 15 is 0 Å². The molecule has 2 aromatic rings. The van der Waals surface area contributed by atoms with Gasteiger partial charge in [-0.25, -0.2) is 12.8 Å². The highest BCUT2D eigenvalue weighted by atomic mass is 32.2. The number of carbonyl (C=O) groups is 1. The molecule has 1 N–H and O–H groups in total. The number of aryl methyl sites for hydroxylation is 3. The summed E-state index contributed by atoms with van der Waals surface area (Å²) >= 11 is 0. The molecule has 7 heteroatoms. The first-order chi connectivity index (χ1) is 13.2. The highest BCUT2D eigenvalue weighted by molar-refractivity contribution is 7.89. The summed E-state index contributed by atoms with van der Waals surface area (Å²) in [7, 11) is -3.71. The van der Waals surface area contributed by atoms with E-state index < -0.39 is 21.8 Å². The predicted octanol–water partition coefficient (Wildman–Crippen LogP) is 3.79. The van der Waals surface area contributed by atoms with Gasteiger partial charge >= 0.3 is 0 Å². The lowest BCUT2D eigenvalue weighted by Crippen LogP contribution is -2.44. The second-order valence-electron chi connectivity index (χ2n) is 7.40. The van der Waals surface area contributed by atoms with Gasteiger partial charge in [0, 0.05) is 13.1 Å². The molecule has 1 aliphatic rings. The molecule has 5 nitrogen and oxygen atoms in total. The zero-order chi connectivity index (χ0) is 20.5. The maximum atomic E-state index is 13.8. The van der Waals surface area contributed by atoms with Crippen LogP contribution in [-0.2, 0) is 14.8 Å². The number of rotatable bonds is 4. The van der Waals surface area contributed by atoms with Crippen molar-refractivity contribution in [3.05, 3.63) is 58.9 Å². The van der Waals surface area contributed by atoms with E-state index in [0.29, 0.717) is 35.4 Å². The Labute approximate surface area is 165 Å². The second kappa shape index (κ2) is 8.01. The molecule has 150 valence electrons. The van der Waals surface area contributed by atoms with Crippen molar-refractivity contribution >= 4 is 21.6 Å². The van der Waals surface area contributed by atoms with Crippen molar-refractivity contribution in [3.8, 4) is 0 Å². The first kappa shape index (κ1) is 20.5. The van der Waals surface area contributed by atoms with E-state index in [1.54, 1.807) is 26.0 Å². The third-order valence-corrected chi connectivity index (χ3v) is 7.26. The Balaban J connectivity index is 1.81. The number of hydrogen-bond acceptors (Lipinski definition) is 3. The Morgan fingerprint density at radius 1 is 1.14 bits per heavy atom. The third kappa shape index (κ3) is 4.10. The molecule has 1 heterocycles. The monoisotopic (exact) mass is 404 g/mol. The minimum atomic E-state index is -3.71. The lowest BCUT2D eigenvalue weighted by molar-refractivity contribution is -0.120. The second-order valence-corrected chi connectivity index (χ2v) is 9.27. The van der Waals surface area contributed by atoms with Crippen molar-refractivity contribution in [3.63, 3.8) is 0 Å². The van der Waals surface area contributed by atoms with Crippen LogP contribution in [0.25, 0.3) is 0 Å². The third-order valence-electron chi connectivity index (χ3n) is 5.09. The predicted molar refractivity (Wildman–Crippen MR) is 107 cm³/mol. The van der Waals surface area contributed by atoms with E-state index in [1.807, 2.05) is 19.1 Å². The lowest BCUT2D eigenvalue weighted by atomic mass is 9.98. The van der Waals surface area contributed by atoms with E-state index in [9.17, 15) is 17.6 Å². The Kier molecular flexibility index (Phi) is 5.86. The number of nitrogens with one attached hydrogen (secondary N) is 1. The number of halogens is 1. The number of anilines is 1. The minimum absolute atomic E-state index is 0.0926. The van der Waals surface area contributed by atoms with Crippen LogP contribution in [-0.4, -0.2) is 31.7 Å². The minimum Gasteiger partial charge on any atom is -0.323 e. The number of benzene rings is 2. The van der Waals surface area contributed by atoms with Crippen LogP contribution in [0.2, 0.25) is 0 Å². The maximum Gasteiger partial charge on any atom is 0.243 e. The molecule has 0 unspecified atom stereocenters. The molecule has 3 rings (SSSR count). The van der Waals surface area contributed by atoms with Gasteiger partial charge < -0.3 is 5.32 Å². The molecule has 0 spiro atoms. The van der Waals surface area contributed by atoms with Crippen molar-refractivity contribution in [1.29, 1.82) is 0 Å². The average molecular weight is 405 g/mol. The van der Waals surface area contributed by atoms with E-state index in [2.05, 4.69) is 5.32 Å². The topological polar surface area (TPSA) is 66.5 Å². The highest BCUT2D eigenvalue weighted by Crippen LogP contribution is 2.29. The first-order valence-corrected chi connectivity index (χ1v) is 10.8. The molecule has 2 aromatic carbocycles. The average Bonchev–Trinajstić information content (AvgIpc) is 2.62. The van der Waals surface area contributed by atoms with Crippen LogP contribution in [0.1, 0.15) is 29.5 Å². The Hall–Kier alpha value is -2.25. The van der Waals surface area contributed by atoms with Crippen molar-refractivity contribution in [2.45, 2.75) is 38.5 Å². The summed E-state index contributed by atoms with van der Waals surface area (Å²) in [5.41, 5.74) is 2.53. The lowest BCUT2D eigenvalue weighted by Gasteiger charge is -2.32. The van der Waals surface area contributed by atoms with Gasteiger partial charge in [-0.05, 0) is 56.9 Å². The van der Waals surface area contributed by atoms with Gasteiger partial charge in [-0.1, -0.05) is 29.8 Å². The van der Waals surface area contributed by atoms with Gasteiger partial charge in [-0.15, -0.1) is 0 Å². The van der Waals surface area contributed by atoms with Crippen LogP contribution < -0.4 is 5.32 Å². The number of hydrogen-bond donors (Lipinski definition) is 1. The highest BCUT2D eigenvalue weighted by Gasteiger charge is 2.35. The van der Waals surface area contributed by atoms with Gasteiger partial charge in [-0.2, -0.15) is 4.31 Å². The molecule has 0 saturated carbocycles. The Bertz CT molecular complexity index is 981. The summed E-state index contributed by atoms with van der Waals surface area (Å²) in [6.07, 6.45) is 1.15. The fourth-order valence-electron chi connectivity index (χ4n) is 3.87. The van der Waals surface area contributed by atoms with Crippen LogP contribution in [0.5, 0.6) is 0 Å². The molecule has 0 radical (unpaired) electrons. The van der Waals surface area contributed by atoms with Crippen molar-refractivity contribution < 1.29 is 17.6 Å². The van der Waals surface area contributed by atoms with Crippen molar-refractivity contribution in [2.24, 2.45) is 5.92 Å². The number of piperidine rings is 1. The van der Waals surface area contributed by atoms with E-state index in [-0.39, 0.29) is 18.1 Å². The van der Waals surface area contributed by atoms with Gasteiger partial charge in [0.05, 0.1) is 16.5 Å². The van der Waals surface area contributed by atoms with E-state index in [0.717, 1.165) is 5.56 Å². The fourth-order valence-corrected chi connectivity index (χ4v) is 5.81. The number of amides is 1. The molecular weight excluding hydrogens is 379 g/mol. The number of carbonyl (C=O) groups excluding carboxylic acids is 1. The summed E-state index contributed by atoms with van der Waals surface area (Å²) in [6.45, 7) is 5.98. The van der Waals surface area contributed by atoms with Crippen molar-refractivity contribution in [2.75, 3.05) is 18.4 Å². The summed E-state index contributed by atoms with van der Waals surface area (Å²) in [4.78, 5) is 12.9. The summed E-state index contributed by atoms with van der Waals surface area (Å²) < 4.78 is 41.7. The zero-order valence-corrected chi connectivity index (χ0v) is 17.1. The van der Waals surface area contributed by atoms with Gasteiger partial charge in [0.25, 0.3) is 0 Å². The maximum absolute atomic E-state index is 13.8. The number of sulfonamides is 1. The molecule has 1 amide bonds. The largest absolute Gasteiger partial charge is 0.323 e. The first-order valence-electron chi connectivity index (χ1n) is 9.33. The summed E-state index contributed by atoms with van der Waals surface area (Å²) in [6, 6.07) is 9.66. The summed E-state index contributed by atoms with van der Waals surface area (Å²) in [5, 5.41) is 2.59. The van der Waals surface area contributed by atoms with Crippen LogP contribution in [0, 0.1) is 32.5 Å². The molecular formula is C21H25FN2O3S. The van der Waals surface area contributed by atoms with Crippen LogP contribution in [0.4, 0.5) is 10.1 Å². The van der Waals surface area contributed by atoms with E-state index in [4.69, 9.17) is 0 Å². The fraction of sp³-hybridized carbons (Fsp3) is 0.381. The summed E-state index contributed by atoms with van der Waals surface area (Å²) in [5.74, 6) is -1.39. The normalized spacial score (nSPS) is 18.1. The molecule has 0 bridgehead atoms. The molecule has 0 aromatic heterocycles. The molecule has 1 fully saturated rings. The molecule has 0 aliphatic carbocycles. The molecule has 1 aliphatic heterocycles. The van der Waals surface area contributed by atoms with E-state index in [1.165, 1.54) is 16.4 Å². The Morgan fingerprint density at radius 2 is 1.79 bits per heavy atom. The van der Waals surface area contributed by atoms with Crippen LogP contribution in [0.15, 0.2) is 41.3 Å². The standard InChI is InChI=1S/C21H25FN2O3S/c1-14-11-15(2)20(16(3)12-14)28(26,27)24-10-6-7-17(13-24)21(25)23-19-9-5-4-8-18(19)22/h4-5,8-9,11-12,17H,6-7,10,13H2,1-3H3,(H,23,25)/t17-/m1/s1. The molecule has 1 atom stereocenters. The Morgan fingerprint density at radius 3 is 2.43 bits per heavy atom. The van der Waals surface area contributed by atoms with Crippen LogP contribution in [0.3, 0.4) is 0 Å². The van der Waals surface area contributed by atoms with Crippen LogP contribution >= 0.6 is 0 Å². The van der Waals surface area contributed by atoms with Crippen molar-refractivity contribution in [1.82, 2.24) is 4.31 Å². The zero-order valence-electron chi connectivity index (χ0n) is 16.3. The molecule has 28 heavy (non-hydrogen) atoms. The van der Waals surface area contributed by atoms with Gasteiger partial charge in [0.2, 0.25) is 15.9 Å². The SMILES string of the molecule is Cc1cc(C)c(S(=O)(=O)N2CCC[C@@H](C(=O)Nc3ccccc3F)C2)c(C)c1. The molecule has 1 saturated heterocycles. The van der Waals surface area contributed by atoms with Gasteiger partial charge in [0.1, 0.15) is 5.82 Å². The van der Waals surface area contributed by atoms with Gasteiger partial charge in [0.15, 0.2) is 0 Å². The number of para-hydroxylation sites is 1.